The number of amides is 1. The van der Waals surface area contributed by atoms with Crippen molar-refractivity contribution in [1.82, 2.24) is 25.1 Å². The summed E-state index contributed by atoms with van der Waals surface area (Å²) in [7, 11) is 1.84. The van der Waals surface area contributed by atoms with E-state index in [1.807, 2.05) is 37.4 Å². The van der Waals surface area contributed by atoms with Crippen LogP contribution in [0.5, 0.6) is 0 Å². The molecule has 0 unspecified atom stereocenters. The summed E-state index contributed by atoms with van der Waals surface area (Å²) in [6, 6.07) is 10.0. The van der Waals surface area contributed by atoms with E-state index in [4.69, 9.17) is 0 Å². The van der Waals surface area contributed by atoms with Crippen LogP contribution in [0.2, 0.25) is 0 Å². The number of rotatable bonds is 4. The van der Waals surface area contributed by atoms with Crippen molar-refractivity contribution in [3.05, 3.63) is 58.2 Å². The number of benzene rings is 1. The highest BCUT2D eigenvalue weighted by molar-refractivity contribution is 7.15. The quantitative estimate of drug-likeness (QED) is 0.732. The second kappa shape index (κ2) is 6.16. The molecule has 0 N–H and O–H groups in total. The van der Waals surface area contributed by atoms with Gasteiger partial charge in [-0.3, -0.25) is 4.79 Å². The molecule has 1 amide bonds. The van der Waals surface area contributed by atoms with E-state index < -0.39 is 0 Å². The van der Waals surface area contributed by atoms with Crippen LogP contribution >= 0.6 is 11.3 Å². The zero-order valence-electron chi connectivity index (χ0n) is 13.3. The Kier molecular flexibility index (Phi) is 3.86. The molecule has 0 saturated carbocycles. The van der Waals surface area contributed by atoms with Crippen molar-refractivity contribution >= 4 is 17.2 Å². The first-order valence-corrected chi connectivity index (χ1v) is 8.73. The molecule has 2 heterocycles. The molecule has 6 nitrogen and oxygen atoms in total. The van der Waals surface area contributed by atoms with Gasteiger partial charge in [-0.2, -0.15) is 4.68 Å². The standard InChI is InChI=1S/C17H17N5OS/c1-21(10-12-6-3-2-4-7-12)16(23)15-13-8-5-9-14(13)24-17(15)22-11-18-19-20-22/h2-4,6-7,11H,5,8-10H2,1H3. The van der Waals surface area contributed by atoms with Gasteiger partial charge in [-0.1, -0.05) is 30.3 Å². The van der Waals surface area contributed by atoms with Crippen LogP contribution in [0.3, 0.4) is 0 Å². The minimum absolute atomic E-state index is 0.0313. The highest BCUT2D eigenvalue weighted by Gasteiger charge is 2.29. The Morgan fingerprint density at radius 1 is 1.29 bits per heavy atom. The van der Waals surface area contributed by atoms with E-state index in [-0.39, 0.29) is 5.91 Å². The molecule has 0 saturated heterocycles. The van der Waals surface area contributed by atoms with Gasteiger partial charge in [-0.25, -0.2) is 0 Å². The second-order valence-corrected chi connectivity index (χ2v) is 7.02. The Morgan fingerprint density at radius 3 is 2.88 bits per heavy atom. The summed E-state index contributed by atoms with van der Waals surface area (Å²) in [5.41, 5.74) is 3.05. The molecule has 7 heteroatoms. The summed E-state index contributed by atoms with van der Waals surface area (Å²) >= 11 is 1.63. The third-order valence-corrected chi connectivity index (χ3v) is 5.56. The summed E-state index contributed by atoms with van der Waals surface area (Å²) in [6.45, 7) is 0.583. The summed E-state index contributed by atoms with van der Waals surface area (Å²) < 4.78 is 1.60. The van der Waals surface area contributed by atoms with Crippen molar-refractivity contribution in [3.8, 4) is 5.00 Å². The molecular weight excluding hydrogens is 322 g/mol. The fourth-order valence-electron chi connectivity index (χ4n) is 3.15. The lowest BCUT2D eigenvalue weighted by Gasteiger charge is -2.18. The van der Waals surface area contributed by atoms with Crippen molar-refractivity contribution < 1.29 is 4.79 Å². The molecule has 0 atom stereocenters. The van der Waals surface area contributed by atoms with Crippen LogP contribution in [-0.4, -0.2) is 38.1 Å². The van der Waals surface area contributed by atoms with Crippen molar-refractivity contribution in [2.24, 2.45) is 0 Å². The third kappa shape index (κ3) is 2.60. The molecule has 4 rings (SSSR count). The average Bonchev–Trinajstić information content (AvgIpc) is 3.31. The number of fused-ring (bicyclic) bond motifs is 1. The number of hydrogen-bond donors (Lipinski definition) is 0. The van der Waals surface area contributed by atoms with E-state index in [0.29, 0.717) is 6.54 Å². The van der Waals surface area contributed by atoms with Gasteiger partial charge in [0.1, 0.15) is 11.3 Å². The van der Waals surface area contributed by atoms with E-state index in [9.17, 15) is 4.79 Å². The molecule has 2 aromatic heterocycles. The van der Waals surface area contributed by atoms with Gasteiger partial charge in [0, 0.05) is 18.5 Å². The van der Waals surface area contributed by atoms with Crippen molar-refractivity contribution in [3.63, 3.8) is 0 Å². The monoisotopic (exact) mass is 339 g/mol. The summed E-state index contributed by atoms with van der Waals surface area (Å²) in [5.74, 6) is 0.0313. The summed E-state index contributed by atoms with van der Waals surface area (Å²) in [4.78, 5) is 16.2. The Bertz CT molecular complexity index is 857. The van der Waals surface area contributed by atoms with Crippen LogP contribution in [0.25, 0.3) is 5.00 Å². The van der Waals surface area contributed by atoms with Gasteiger partial charge in [0.2, 0.25) is 0 Å². The van der Waals surface area contributed by atoms with E-state index >= 15 is 0 Å². The SMILES string of the molecule is CN(Cc1ccccc1)C(=O)c1c(-n2cnnn2)sc2c1CCC2. The fraction of sp³-hybridized carbons (Fsp3) is 0.294. The first-order chi connectivity index (χ1) is 11.7. The van der Waals surface area contributed by atoms with Crippen LogP contribution in [0, 0.1) is 0 Å². The number of nitrogens with zero attached hydrogens (tertiary/aromatic N) is 5. The summed E-state index contributed by atoms with van der Waals surface area (Å²) in [6.07, 6.45) is 4.65. The number of tetrazole rings is 1. The van der Waals surface area contributed by atoms with Crippen LogP contribution < -0.4 is 0 Å². The van der Waals surface area contributed by atoms with Gasteiger partial charge >= 0.3 is 0 Å². The molecule has 0 fully saturated rings. The van der Waals surface area contributed by atoms with E-state index in [2.05, 4.69) is 15.5 Å². The molecule has 0 radical (unpaired) electrons. The zero-order chi connectivity index (χ0) is 16.5. The Labute approximate surface area is 143 Å². The predicted octanol–water partition coefficient (Wildman–Crippen LogP) is 2.48. The Morgan fingerprint density at radius 2 is 2.12 bits per heavy atom. The van der Waals surface area contributed by atoms with E-state index in [1.165, 1.54) is 10.4 Å². The molecule has 3 aromatic rings. The molecule has 0 aliphatic heterocycles. The van der Waals surface area contributed by atoms with Crippen LogP contribution in [-0.2, 0) is 19.4 Å². The number of aromatic nitrogens is 4. The van der Waals surface area contributed by atoms with Crippen LogP contribution in [0.4, 0.5) is 0 Å². The summed E-state index contributed by atoms with van der Waals surface area (Å²) in [5, 5.41) is 12.2. The van der Waals surface area contributed by atoms with Crippen LogP contribution in [0.1, 0.15) is 32.8 Å². The molecular formula is C17H17N5OS. The molecule has 1 aliphatic rings. The van der Waals surface area contributed by atoms with Gasteiger partial charge in [0.05, 0.1) is 5.56 Å². The number of hydrogen-bond acceptors (Lipinski definition) is 5. The number of aryl methyl sites for hydroxylation is 1. The molecule has 0 bridgehead atoms. The first-order valence-electron chi connectivity index (χ1n) is 7.91. The Hall–Kier alpha value is -2.54. The van der Waals surface area contributed by atoms with Crippen molar-refractivity contribution in [1.29, 1.82) is 0 Å². The van der Waals surface area contributed by atoms with E-state index in [1.54, 1.807) is 27.2 Å². The normalized spacial score (nSPS) is 13.0. The van der Waals surface area contributed by atoms with Gasteiger partial charge in [0.15, 0.2) is 0 Å². The lowest BCUT2D eigenvalue weighted by molar-refractivity contribution is 0.0784. The van der Waals surface area contributed by atoms with Crippen molar-refractivity contribution in [2.45, 2.75) is 25.8 Å². The van der Waals surface area contributed by atoms with Crippen LogP contribution in [0.15, 0.2) is 36.7 Å². The molecule has 0 spiro atoms. The van der Waals surface area contributed by atoms with E-state index in [0.717, 1.165) is 35.4 Å². The van der Waals surface area contributed by atoms with Gasteiger partial charge in [0.25, 0.3) is 5.91 Å². The Balaban J connectivity index is 1.69. The smallest absolute Gasteiger partial charge is 0.257 e. The minimum atomic E-state index is 0.0313. The molecule has 122 valence electrons. The maximum absolute atomic E-state index is 13.1. The first kappa shape index (κ1) is 15.0. The largest absolute Gasteiger partial charge is 0.337 e. The highest BCUT2D eigenvalue weighted by Crippen LogP contribution is 2.38. The maximum Gasteiger partial charge on any atom is 0.257 e. The number of thiophene rings is 1. The maximum atomic E-state index is 13.1. The van der Waals surface area contributed by atoms with Gasteiger partial charge in [-0.05, 0) is 40.8 Å². The number of carbonyl (C=O) groups excluding carboxylic acids is 1. The number of carbonyl (C=O) groups is 1. The highest BCUT2D eigenvalue weighted by atomic mass is 32.1. The molecule has 1 aromatic carbocycles. The average molecular weight is 339 g/mol. The molecule has 24 heavy (non-hydrogen) atoms. The molecule has 1 aliphatic carbocycles. The van der Waals surface area contributed by atoms with Gasteiger partial charge in [-0.15, -0.1) is 16.4 Å². The topological polar surface area (TPSA) is 63.9 Å². The predicted molar refractivity (Wildman–Crippen MR) is 91.3 cm³/mol. The van der Waals surface area contributed by atoms with Crippen molar-refractivity contribution in [2.75, 3.05) is 7.05 Å². The second-order valence-electron chi connectivity index (χ2n) is 5.94. The fourth-order valence-corrected chi connectivity index (χ4v) is 4.44. The van der Waals surface area contributed by atoms with Gasteiger partial charge < -0.3 is 4.90 Å². The zero-order valence-corrected chi connectivity index (χ0v) is 14.2. The lowest BCUT2D eigenvalue weighted by atomic mass is 10.1. The minimum Gasteiger partial charge on any atom is -0.337 e. The third-order valence-electron chi connectivity index (χ3n) is 4.28. The lowest BCUT2D eigenvalue weighted by Crippen LogP contribution is -2.27.